The van der Waals surface area contributed by atoms with Gasteiger partial charge in [-0.2, -0.15) is 0 Å². The van der Waals surface area contributed by atoms with Gasteiger partial charge in [-0.05, 0) is 24.6 Å². The molecule has 0 saturated carbocycles. The first-order valence-electron chi connectivity index (χ1n) is 5.52. The van der Waals surface area contributed by atoms with Crippen LogP contribution >= 0.6 is 0 Å². The number of aromatic nitrogens is 1. The summed E-state index contributed by atoms with van der Waals surface area (Å²) in [5.74, 6) is -1.57. The Bertz CT molecular complexity index is 433. The summed E-state index contributed by atoms with van der Waals surface area (Å²) in [5, 5.41) is 8.91. The highest BCUT2D eigenvalue weighted by molar-refractivity contribution is 5.86. The molecule has 2 atom stereocenters. The molecular weight excluding hydrogens is 220 g/mol. The Labute approximate surface area is 99.1 Å². The highest BCUT2D eigenvalue weighted by Gasteiger charge is 2.36. The van der Waals surface area contributed by atoms with Crippen LogP contribution in [0.3, 0.4) is 0 Å². The van der Waals surface area contributed by atoms with Crippen molar-refractivity contribution in [2.45, 2.75) is 19.4 Å². The molecule has 1 aromatic heterocycles. The number of carboxylic acids is 1. The normalized spacial score (nSPS) is 21.6. The van der Waals surface area contributed by atoms with Gasteiger partial charge in [0, 0.05) is 25.4 Å². The summed E-state index contributed by atoms with van der Waals surface area (Å²) >= 11 is 0. The molecule has 0 aliphatic carbocycles. The molecule has 0 unspecified atom stereocenters. The number of likely N-dealkylation sites (tertiary alicyclic amines) is 1. The number of hydrogen-bond donors (Lipinski definition) is 1. The summed E-state index contributed by atoms with van der Waals surface area (Å²) in [6.45, 7) is 2.19. The molecule has 1 aliphatic rings. The predicted octanol–water partition coefficient (Wildman–Crippen LogP) is 1.08. The molecule has 1 saturated heterocycles. The third-order valence-electron chi connectivity index (χ3n) is 3.16. The Morgan fingerprint density at radius 1 is 1.53 bits per heavy atom. The second-order valence-electron chi connectivity index (χ2n) is 4.24. The molecule has 1 fully saturated rings. The Morgan fingerprint density at radius 2 is 2.18 bits per heavy atom. The number of aliphatic carboxylic acids is 1. The van der Waals surface area contributed by atoms with Gasteiger partial charge in [0.15, 0.2) is 0 Å². The molecule has 1 amide bonds. The molecule has 1 aliphatic heterocycles. The van der Waals surface area contributed by atoms with E-state index in [4.69, 9.17) is 5.11 Å². The van der Waals surface area contributed by atoms with E-state index in [0.717, 1.165) is 5.56 Å². The van der Waals surface area contributed by atoms with Crippen molar-refractivity contribution in [2.24, 2.45) is 5.92 Å². The molecule has 5 heteroatoms. The van der Waals surface area contributed by atoms with Crippen LogP contribution in [-0.2, 0) is 9.59 Å². The molecule has 0 aromatic carbocycles. The van der Waals surface area contributed by atoms with Crippen LogP contribution in [0.2, 0.25) is 0 Å². The number of amides is 1. The van der Waals surface area contributed by atoms with Gasteiger partial charge in [0.2, 0.25) is 5.91 Å². The lowest BCUT2D eigenvalue weighted by Crippen LogP contribution is -2.29. The topological polar surface area (TPSA) is 70.5 Å². The van der Waals surface area contributed by atoms with E-state index < -0.39 is 11.9 Å². The Balaban J connectivity index is 2.14. The molecule has 2 heterocycles. The molecule has 0 radical (unpaired) electrons. The highest BCUT2D eigenvalue weighted by Crippen LogP contribution is 2.28. The largest absolute Gasteiger partial charge is 0.481 e. The fraction of sp³-hybridized carbons (Fsp3) is 0.417. The summed E-state index contributed by atoms with van der Waals surface area (Å²) < 4.78 is 0. The maximum Gasteiger partial charge on any atom is 0.308 e. The van der Waals surface area contributed by atoms with Crippen molar-refractivity contribution in [1.29, 1.82) is 0 Å². The number of nitrogens with zero attached hydrogens (tertiary/aromatic N) is 2. The predicted molar refractivity (Wildman–Crippen MR) is 60.1 cm³/mol. The summed E-state index contributed by atoms with van der Waals surface area (Å²) in [7, 11) is 0. The highest BCUT2D eigenvalue weighted by atomic mass is 16.4. The second kappa shape index (κ2) is 4.53. The van der Waals surface area contributed by atoms with Crippen molar-refractivity contribution in [3.05, 3.63) is 30.1 Å². The molecule has 17 heavy (non-hydrogen) atoms. The van der Waals surface area contributed by atoms with Gasteiger partial charge in [-0.25, -0.2) is 0 Å². The van der Waals surface area contributed by atoms with Gasteiger partial charge < -0.3 is 10.0 Å². The minimum Gasteiger partial charge on any atom is -0.481 e. The zero-order chi connectivity index (χ0) is 12.4. The Kier molecular flexibility index (Phi) is 3.08. The van der Waals surface area contributed by atoms with E-state index >= 15 is 0 Å². The number of carbonyl (C=O) groups is 2. The SMILES string of the molecule is C[C@H](c1ccncc1)N1C[C@H](C(=O)O)CC1=O. The van der Waals surface area contributed by atoms with Gasteiger partial charge in [0.05, 0.1) is 12.0 Å². The van der Waals surface area contributed by atoms with Crippen molar-refractivity contribution < 1.29 is 14.7 Å². The van der Waals surface area contributed by atoms with E-state index in [2.05, 4.69) is 4.98 Å². The Hall–Kier alpha value is -1.91. The lowest BCUT2D eigenvalue weighted by Gasteiger charge is -2.24. The van der Waals surface area contributed by atoms with Crippen molar-refractivity contribution >= 4 is 11.9 Å². The molecule has 1 aromatic rings. The first kappa shape index (κ1) is 11.6. The van der Waals surface area contributed by atoms with Crippen molar-refractivity contribution in [3.8, 4) is 0 Å². The minimum absolute atomic E-state index is 0.0956. The summed E-state index contributed by atoms with van der Waals surface area (Å²) in [6.07, 6.45) is 3.44. The van der Waals surface area contributed by atoms with Crippen molar-refractivity contribution in [1.82, 2.24) is 9.88 Å². The quantitative estimate of drug-likeness (QED) is 0.849. The van der Waals surface area contributed by atoms with Crippen LogP contribution in [0.25, 0.3) is 0 Å². The fourth-order valence-electron chi connectivity index (χ4n) is 2.09. The van der Waals surface area contributed by atoms with E-state index in [1.165, 1.54) is 0 Å². The van der Waals surface area contributed by atoms with Gasteiger partial charge >= 0.3 is 5.97 Å². The van der Waals surface area contributed by atoms with Crippen molar-refractivity contribution in [3.63, 3.8) is 0 Å². The number of carbonyl (C=O) groups excluding carboxylic acids is 1. The summed E-state index contributed by atoms with van der Waals surface area (Å²) in [4.78, 5) is 28.2. The van der Waals surface area contributed by atoms with Crippen LogP contribution in [0.1, 0.15) is 24.9 Å². The Morgan fingerprint density at radius 3 is 2.71 bits per heavy atom. The standard InChI is InChI=1S/C12H14N2O3/c1-8(9-2-4-13-5-3-9)14-7-10(12(16)17)6-11(14)15/h2-5,8,10H,6-7H2,1H3,(H,16,17)/t8-,10-/m1/s1. The van der Waals surface area contributed by atoms with Crippen molar-refractivity contribution in [2.75, 3.05) is 6.54 Å². The zero-order valence-corrected chi connectivity index (χ0v) is 9.54. The zero-order valence-electron chi connectivity index (χ0n) is 9.54. The molecule has 5 nitrogen and oxygen atoms in total. The lowest BCUT2D eigenvalue weighted by molar-refractivity contribution is -0.141. The monoisotopic (exact) mass is 234 g/mol. The molecule has 2 rings (SSSR count). The number of rotatable bonds is 3. The second-order valence-corrected chi connectivity index (χ2v) is 4.24. The third-order valence-corrected chi connectivity index (χ3v) is 3.16. The first-order valence-corrected chi connectivity index (χ1v) is 5.52. The minimum atomic E-state index is -0.900. The average Bonchev–Trinajstić information content (AvgIpc) is 2.72. The van der Waals surface area contributed by atoms with Crippen LogP contribution in [0.15, 0.2) is 24.5 Å². The van der Waals surface area contributed by atoms with Crippen LogP contribution < -0.4 is 0 Å². The van der Waals surface area contributed by atoms with Gasteiger partial charge in [-0.3, -0.25) is 14.6 Å². The van der Waals surface area contributed by atoms with E-state index in [1.54, 1.807) is 17.3 Å². The van der Waals surface area contributed by atoms with Gasteiger partial charge in [-0.15, -0.1) is 0 Å². The first-order chi connectivity index (χ1) is 8.09. The van der Waals surface area contributed by atoms with Crippen LogP contribution in [0, 0.1) is 5.92 Å². The third kappa shape index (κ3) is 2.27. The molecular formula is C12H14N2O3. The van der Waals surface area contributed by atoms with Gasteiger partial charge in [-0.1, -0.05) is 0 Å². The summed E-state index contributed by atoms with van der Waals surface area (Å²) in [6, 6.07) is 3.58. The lowest BCUT2D eigenvalue weighted by atomic mass is 10.1. The fourth-order valence-corrected chi connectivity index (χ4v) is 2.09. The van der Waals surface area contributed by atoms with Gasteiger partial charge in [0.25, 0.3) is 0 Å². The van der Waals surface area contributed by atoms with Crippen LogP contribution in [0.4, 0.5) is 0 Å². The maximum atomic E-state index is 11.8. The van der Waals surface area contributed by atoms with Crippen LogP contribution in [0.5, 0.6) is 0 Å². The molecule has 0 bridgehead atoms. The van der Waals surface area contributed by atoms with Crippen LogP contribution in [-0.4, -0.2) is 33.4 Å². The summed E-state index contributed by atoms with van der Waals surface area (Å²) in [5.41, 5.74) is 0.972. The number of carboxylic acid groups (broad SMARTS) is 1. The van der Waals surface area contributed by atoms with E-state index in [1.807, 2.05) is 19.1 Å². The molecule has 1 N–H and O–H groups in total. The molecule has 90 valence electrons. The average molecular weight is 234 g/mol. The van der Waals surface area contributed by atoms with E-state index in [0.29, 0.717) is 0 Å². The smallest absolute Gasteiger partial charge is 0.308 e. The number of pyridine rings is 1. The maximum absolute atomic E-state index is 11.8. The van der Waals surface area contributed by atoms with Gasteiger partial charge in [0.1, 0.15) is 0 Å². The van der Waals surface area contributed by atoms with E-state index in [9.17, 15) is 9.59 Å². The number of hydrogen-bond acceptors (Lipinski definition) is 3. The van der Waals surface area contributed by atoms with E-state index in [-0.39, 0.29) is 24.9 Å². The molecule has 0 spiro atoms.